The molecule has 0 atom stereocenters. The number of ether oxygens (including phenoxy) is 2. The summed E-state index contributed by atoms with van der Waals surface area (Å²) in [5.74, 6) is -0.889. The minimum Gasteiger partial charge on any atom is -0.466 e. The van der Waals surface area contributed by atoms with Crippen LogP contribution in [0.25, 0.3) is 0 Å². The van der Waals surface area contributed by atoms with Crippen molar-refractivity contribution < 1.29 is 24.2 Å². The van der Waals surface area contributed by atoms with Gasteiger partial charge in [-0.15, -0.1) is 0 Å². The summed E-state index contributed by atoms with van der Waals surface area (Å²) in [5.41, 5.74) is 0. The minimum atomic E-state index is -0.493. The van der Waals surface area contributed by atoms with Gasteiger partial charge in [0.25, 0.3) is 0 Å². The van der Waals surface area contributed by atoms with E-state index in [1.165, 1.54) is 0 Å². The second-order valence-electron chi connectivity index (χ2n) is 2.66. The molecule has 1 N–H and O–H groups in total. The molecule has 0 aromatic heterocycles. The van der Waals surface area contributed by atoms with Crippen LogP contribution < -0.4 is 0 Å². The third-order valence-electron chi connectivity index (χ3n) is 1.35. The molecule has 82 valence electrons. The lowest BCUT2D eigenvalue weighted by Gasteiger charge is -2.03. The van der Waals surface area contributed by atoms with Crippen LogP contribution in [0.2, 0.25) is 0 Å². The van der Waals surface area contributed by atoms with E-state index < -0.39 is 11.9 Å². The van der Waals surface area contributed by atoms with Crippen LogP contribution in [0.4, 0.5) is 0 Å². The Morgan fingerprint density at radius 1 is 1.07 bits per heavy atom. The molecule has 0 heterocycles. The second-order valence-corrected chi connectivity index (χ2v) is 2.66. The van der Waals surface area contributed by atoms with Gasteiger partial charge in [-0.25, -0.2) is 0 Å². The molecular weight excluding hydrogens is 188 g/mol. The molecule has 0 saturated heterocycles. The Morgan fingerprint density at radius 3 is 2.00 bits per heavy atom. The molecule has 0 fully saturated rings. The van der Waals surface area contributed by atoms with Crippen LogP contribution in [0.15, 0.2) is 0 Å². The van der Waals surface area contributed by atoms with Crippen molar-refractivity contribution in [3.8, 4) is 0 Å². The van der Waals surface area contributed by atoms with Gasteiger partial charge in [0.1, 0.15) is 6.61 Å². The first-order valence-electron chi connectivity index (χ1n) is 4.62. The number of hydrogen-bond donors (Lipinski definition) is 1. The van der Waals surface area contributed by atoms with E-state index in [2.05, 4.69) is 4.74 Å². The van der Waals surface area contributed by atoms with Crippen LogP contribution in [0.5, 0.6) is 0 Å². The van der Waals surface area contributed by atoms with Crippen molar-refractivity contribution in [1.82, 2.24) is 0 Å². The average Bonchev–Trinajstić information content (AvgIpc) is 2.20. The van der Waals surface area contributed by atoms with E-state index in [1.54, 1.807) is 0 Å². The molecule has 5 heteroatoms. The predicted octanol–water partition coefficient (Wildman–Crippen LogP) is 0.255. The molecule has 0 amide bonds. The molecular formula is C9H16O5. The quantitative estimate of drug-likeness (QED) is 0.602. The number of hydrogen-bond acceptors (Lipinski definition) is 5. The molecule has 14 heavy (non-hydrogen) atoms. The predicted molar refractivity (Wildman–Crippen MR) is 48.5 cm³/mol. The Kier molecular flexibility index (Phi) is 7.83. The van der Waals surface area contributed by atoms with Crippen molar-refractivity contribution in [3.05, 3.63) is 0 Å². The van der Waals surface area contributed by atoms with Gasteiger partial charge in [-0.05, 0) is 6.42 Å². The Bertz CT molecular complexity index is 158. The summed E-state index contributed by atoms with van der Waals surface area (Å²) >= 11 is 0. The fourth-order valence-corrected chi connectivity index (χ4v) is 0.724. The SMILES string of the molecule is CCCOC(=O)CCC(=O)OCCO. The highest BCUT2D eigenvalue weighted by atomic mass is 16.5. The first-order chi connectivity index (χ1) is 6.70. The van der Waals surface area contributed by atoms with E-state index in [4.69, 9.17) is 9.84 Å². The van der Waals surface area contributed by atoms with Gasteiger partial charge < -0.3 is 14.6 Å². The molecule has 0 aliphatic heterocycles. The van der Waals surface area contributed by atoms with Gasteiger partial charge in [0.05, 0.1) is 26.1 Å². The van der Waals surface area contributed by atoms with Crippen LogP contribution >= 0.6 is 0 Å². The molecule has 0 bridgehead atoms. The summed E-state index contributed by atoms with van der Waals surface area (Å²) in [7, 11) is 0. The second kappa shape index (κ2) is 8.50. The normalized spacial score (nSPS) is 9.57. The molecule has 5 nitrogen and oxygen atoms in total. The van der Waals surface area contributed by atoms with Crippen molar-refractivity contribution in [1.29, 1.82) is 0 Å². The van der Waals surface area contributed by atoms with E-state index in [0.717, 1.165) is 6.42 Å². The van der Waals surface area contributed by atoms with E-state index >= 15 is 0 Å². The van der Waals surface area contributed by atoms with Crippen LogP contribution in [0.1, 0.15) is 26.2 Å². The highest BCUT2D eigenvalue weighted by Crippen LogP contribution is 1.96. The number of carbonyl (C=O) groups excluding carboxylic acids is 2. The monoisotopic (exact) mass is 204 g/mol. The molecule has 0 aromatic rings. The fraction of sp³-hybridized carbons (Fsp3) is 0.778. The number of aliphatic hydroxyl groups is 1. The fourth-order valence-electron chi connectivity index (χ4n) is 0.724. The van der Waals surface area contributed by atoms with E-state index in [0.29, 0.717) is 6.61 Å². The largest absolute Gasteiger partial charge is 0.466 e. The van der Waals surface area contributed by atoms with Crippen LogP contribution in [0.3, 0.4) is 0 Å². The summed E-state index contributed by atoms with van der Waals surface area (Å²) < 4.78 is 9.30. The zero-order valence-corrected chi connectivity index (χ0v) is 8.32. The molecule has 0 aliphatic carbocycles. The van der Waals surface area contributed by atoms with Gasteiger partial charge in [0.2, 0.25) is 0 Å². The summed E-state index contributed by atoms with van der Waals surface area (Å²) in [6, 6.07) is 0. The summed E-state index contributed by atoms with van der Waals surface area (Å²) in [5, 5.41) is 8.34. The average molecular weight is 204 g/mol. The van der Waals surface area contributed by atoms with Gasteiger partial charge in [0.15, 0.2) is 0 Å². The Hall–Kier alpha value is -1.10. The van der Waals surface area contributed by atoms with Crippen LogP contribution in [-0.2, 0) is 19.1 Å². The van der Waals surface area contributed by atoms with Crippen LogP contribution in [-0.4, -0.2) is 36.9 Å². The topological polar surface area (TPSA) is 72.8 Å². The highest BCUT2D eigenvalue weighted by molar-refractivity contribution is 5.77. The van der Waals surface area contributed by atoms with Crippen molar-refractivity contribution in [2.24, 2.45) is 0 Å². The van der Waals surface area contributed by atoms with E-state index in [-0.39, 0.29) is 26.1 Å². The first kappa shape index (κ1) is 12.9. The molecule has 0 rings (SSSR count). The molecule has 0 aromatic carbocycles. The zero-order valence-electron chi connectivity index (χ0n) is 8.32. The van der Waals surface area contributed by atoms with Gasteiger partial charge >= 0.3 is 11.9 Å². The van der Waals surface area contributed by atoms with Crippen LogP contribution in [0, 0.1) is 0 Å². The Morgan fingerprint density at radius 2 is 1.57 bits per heavy atom. The standard InChI is InChI=1S/C9H16O5/c1-2-6-13-8(11)3-4-9(12)14-7-5-10/h10H,2-7H2,1H3. The molecule has 0 radical (unpaired) electrons. The van der Waals surface area contributed by atoms with Gasteiger partial charge in [-0.3, -0.25) is 9.59 Å². The van der Waals surface area contributed by atoms with E-state index in [9.17, 15) is 9.59 Å². The maximum Gasteiger partial charge on any atom is 0.306 e. The molecule has 0 saturated carbocycles. The first-order valence-corrected chi connectivity index (χ1v) is 4.62. The summed E-state index contributed by atoms with van der Waals surface area (Å²) in [6.07, 6.45) is 0.799. The zero-order chi connectivity index (χ0) is 10.8. The van der Waals surface area contributed by atoms with Gasteiger partial charge in [-0.2, -0.15) is 0 Å². The Labute approximate surface area is 83.0 Å². The third kappa shape index (κ3) is 7.54. The Balaban J connectivity index is 3.41. The van der Waals surface area contributed by atoms with Crippen molar-refractivity contribution in [2.45, 2.75) is 26.2 Å². The van der Waals surface area contributed by atoms with Crippen molar-refractivity contribution in [2.75, 3.05) is 19.8 Å². The van der Waals surface area contributed by atoms with Crippen molar-refractivity contribution in [3.63, 3.8) is 0 Å². The number of esters is 2. The lowest BCUT2D eigenvalue weighted by molar-refractivity contribution is -0.150. The molecule has 0 unspecified atom stereocenters. The van der Waals surface area contributed by atoms with Gasteiger partial charge in [0, 0.05) is 0 Å². The lowest BCUT2D eigenvalue weighted by atomic mass is 10.3. The summed E-state index contributed by atoms with van der Waals surface area (Å²) in [6.45, 7) is 2.04. The third-order valence-corrected chi connectivity index (χ3v) is 1.35. The smallest absolute Gasteiger partial charge is 0.306 e. The maximum atomic E-state index is 10.9. The molecule has 0 spiro atoms. The van der Waals surface area contributed by atoms with Gasteiger partial charge in [-0.1, -0.05) is 6.92 Å². The van der Waals surface area contributed by atoms with E-state index in [1.807, 2.05) is 6.92 Å². The number of aliphatic hydroxyl groups excluding tert-OH is 1. The maximum absolute atomic E-state index is 10.9. The minimum absolute atomic E-state index is 0.00253. The summed E-state index contributed by atoms with van der Waals surface area (Å²) in [4.78, 5) is 21.7. The lowest BCUT2D eigenvalue weighted by Crippen LogP contribution is -2.12. The van der Waals surface area contributed by atoms with Crippen molar-refractivity contribution >= 4 is 11.9 Å². The molecule has 0 aliphatic rings. The number of carbonyl (C=O) groups is 2. The number of rotatable bonds is 7. The highest BCUT2D eigenvalue weighted by Gasteiger charge is 2.08.